The van der Waals surface area contributed by atoms with E-state index in [2.05, 4.69) is 259 Å². The second-order valence-corrected chi connectivity index (χ2v) is 22.3. The van der Waals surface area contributed by atoms with Crippen LogP contribution in [0.4, 0.5) is 17.1 Å². The Bertz CT molecular complexity index is 3870. The molecule has 0 aromatic heterocycles. The summed E-state index contributed by atoms with van der Waals surface area (Å²) in [4.78, 5) is 2.59. The zero-order chi connectivity index (χ0) is 48.6. The highest BCUT2D eigenvalue weighted by molar-refractivity contribution is 7.02. The first kappa shape index (κ1) is 42.8. The highest BCUT2D eigenvalue weighted by atomic mass is 16.5. The second kappa shape index (κ2) is 15.7. The molecule has 10 aromatic rings. The lowest BCUT2D eigenvalue weighted by Crippen LogP contribution is -2.62. The van der Waals surface area contributed by atoms with Crippen molar-refractivity contribution in [2.45, 2.75) is 52.4 Å². The summed E-state index contributed by atoms with van der Waals surface area (Å²) in [5, 5.41) is 0. The Morgan fingerprint density at radius 1 is 0.319 bits per heavy atom. The SMILES string of the molecule is CC(C)(C)c1cc(N2c3cccc4c3B(c3ccccc3-c3ccccc3-c3ccccc3-4)c3c2ccc2c3Oc3cccc4c3B2c2ccccc2-c2ccccc2-c2ccccc2-4)cc(C(C)(C)C)c1. The lowest BCUT2D eigenvalue weighted by Gasteiger charge is -2.42. The maximum Gasteiger partial charge on any atom is 0.253 e. The molecule has 2 nitrogen and oxygen atoms in total. The topological polar surface area (TPSA) is 12.5 Å². The standard InChI is InChI=1S/C68H53B2NO/c1-67(2,3)42-39-43(68(4,5)6)41-44(40-42)71-60-35-19-31-55-51-27-13-9-23-47(51)45-21-8-12-26-50(45)54-30-16-18-34-58(54)70(63(55)60)65-61(71)38-37-59-66(65)72-62-36-20-32-56-52-28-14-10-24-48(52)46-22-7-11-25-49(46)53-29-15-17-33-57(53)69(59)64(56)62/h7-41H,1-6H3. The summed E-state index contributed by atoms with van der Waals surface area (Å²) in [5.74, 6) is 1.84. The van der Waals surface area contributed by atoms with Gasteiger partial charge in [-0.2, -0.15) is 0 Å². The summed E-state index contributed by atoms with van der Waals surface area (Å²) in [6.07, 6.45) is 0. The van der Waals surface area contributed by atoms with E-state index >= 15 is 0 Å². The minimum absolute atomic E-state index is 0.0911. The van der Waals surface area contributed by atoms with E-state index in [0.29, 0.717) is 0 Å². The Morgan fingerprint density at radius 3 is 1.21 bits per heavy atom. The molecule has 72 heavy (non-hydrogen) atoms. The number of fused-ring (bicyclic) bond motifs is 19. The van der Waals surface area contributed by atoms with Crippen LogP contribution < -0.4 is 42.4 Å². The molecule has 4 heterocycles. The fourth-order valence-electron chi connectivity index (χ4n) is 12.7. The molecular formula is C68H53B2NO. The second-order valence-electron chi connectivity index (χ2n) is 22.3. The van der Waals surface area contributed by atoms with Crippen LogP contribution in [-0.2, 0) is 10.8 Å². The average molecular weight is 922 g/mol. The molecule has 4 aliphatic rings. The predicted molar refractivity (Wildman–Crippen MR) is 307 cm³/mol. The van der Waals surface area contributed by atoms with Crippen molar-refractivity contribution in [2.75, 3.05) is 4.90 Å². The molecule has 0 aliphatic carbocycles. The van der Waals surface area contributed by atoms with Crippen molar-refractivity contribution in [3.8, 4) is 78.3 Å². The molecule has 0 spiro atoms. The molecule has 0 N–H and O–H groups in total. The van der Waals surface area contributed by atoms with E-state index in [9.17, 15) is 0 Å². The van der Waals surface area contributed by atoms with Gasteiger partial charge in [-0.15, -0.1) is 0 Å². The van der Waals surface area contributed by atoms with E-state index in [1.165, 1.54) is 116 Å². The quantitative estimate of drug-likeness (QED) is 0.152. The summed E-state index contributed by atoms with van der Waals surface area (Å²) >= 11 is 0. The Hall–Kier alpha value is -8.07. The van der Waals surface area contributed by atoms with Gasteiger partial charge in [-0.1, -0.05) is 234 Å². The van der Waals surface area contributed by atoms with E-state index in [0.717, 1.165) is 22.9 Å². The number of anilines is 3. The van der Waals surface area contributed by atoms with Crippen molar-refractivity contribution >= 4 is 63.3 Å². The van der Waals surface area contributed by atoms with Gasteiger partial charge in [0, 0.05) is 17.1 Å². The molecule has 0 saturated heterocycles. The third-order valence-electron chi connectivity index (χ3n) is 16.1. The molecule has 4 heteroatoms. The molecule has 14 rings (SSSR count). The zero-order valence-electron chi connectivity index (χ0n) is 41.7. The Labute approximate surface area is 424 Å². The Balaban J connectivity index is 1.15. The number of nitrogens with zero attached hydrogens (tertiary/aromatic N) is 1. The molecule has 0 atom stereocenters. The molecule has 10 aromatic carbocycles. The molecule has 0 saturated carbocycles. The van der Waals surface area contributed by atoms with Gasteiger partial charge in [-0.3, -0.25) is 0 Å². The third kappa shape index (κ3) is 6.31. The van der Waals surface area contributed by atoms with Crippen molar-refractivity contribution in [3.05, 3.63) is 223 Å². The highest BCUT2D eigenvalue weighted by Crippen LogP contribution is 2.48. The number of hydrogen-bond acceptors (Lipinski definition) is 2. The van der Waals surface area contributed by atoms with E-state index < -0.39 is 0 Å². The van der Waals surface area contributed by atoms with Crippen LogP contribution in [0.2, 0.25) is 0 Å². The van der Waals surface area contributed by atoms with Crippen molar-refractivity contribution < 1.29 is 4.74 Å². The fourth-order valence-corrected chi connectivity index (χ4v) is 12.7. The first-order valence-corrected chi connectivity index (χ1v) is 25.7. The molecule has 0 unspecified atom stereocenters. The maximum absolute atomic E-state index is 7.85. The maximum atomic E-state index is 7.85. The number of hydrogen-bond donors (Lipinski definition) is 0. The summed E-state index contributed by atoms with van der Waals surface area (Å²) in [6, 6.07) is 80.3. The average Bonchev–Trinajstić information content (AvgIpc) is 3.47. The summed E-state index contributed by atoms with van der Waals surface area (Å²) in [5.41, 5.74) is 28.1. The van der Waals surface area contributed by atoms with E-state index in [4.69, 9.17) is 4.74 Å². The number of rotatable bonds is 1. The lowest BCUT2D eigenvalue weighted by atomic mass is 9.30. The van der Waals surface area contributed by atoms with Crippen LogP contribution in [0.5, 0.6) is 11.5 Å². The van der Waals surface area contributed by atoms with Gasteiger partial charge in [-0.05, 0) is 141 Å². The van der Waals surface area contributed by atoms with Crippen LogP contribution in [0.1, 0.15) is 52.7 Å². The minimum Gasteiger partial charge on any atom is -0.459 e. The smallest absolute Gasteiger partial charge is 0.253 e. The predicted octanol–water partition coefficient (Wildman–Crippen LogP) is 13.8. The Morgan fingerprint density at radius 2 is 0.708 bits per heavy atom. The summed E-state index contributed by atoms with van der Waals surface area (Å²) < 4.78 is 7.85. The van der Waals surface area contributed by atoms with E-state index in [1.54, 1.807) is 0 Å². The monoisotopic (exact) mass is 921 g/mol. The van der Waals surface area contributed by atoms with Crippen LogP contribution in [0.25, 0.3) is 66.8 Å². The van der Waals surface area contributed by atoms with Crippen molar-refractivity contribution in [2.24, 2.45) is 0 Å². The van der Waals surface area contributed by atoms with Gasteiger partial charge in [-0.25, -0.2) is 0 Å². The first-order chi connectivity index (χ1) is 35.0. The first-order valence-electron chi connectivity index (χ1n) is 25.7. The molecule has 0 fully saturated rings. The zero-order valence-corrected chi connectivity index (χ0v) is 41.7. The molecular weight excluding hydrogens is 868 g/mol. The van der Waals surface area contributed by atoms with Gasteiger partial charge >= 0.3 is 0 Å². The van der Waals surface area contributed by atoms with Gasteiger partial charge in [0.15, 0.2) is 0 Å². The van der Waals surface area contributed by atoms with Crippen LogP contribution in [0.3, 0.4) is 0 Å². The van der Waals surface area contributed by atoms with Crippen LogP contribution in [0, 0.1) is 0 Å². The largest absolute Gasteiger partial charge is 0.459 e. The van der Waals surface area contributed by atoms with Gasteiger partial charge in [0.05, 0.1) is 0 Å². The Kier molecular flexibility index (Phi) is 9.34. The molecule has 0 bridgehead atoms. The molecule has 4 aliphatic heterocycles. The van der Waals surface area contributed by atoms with Gasteiger partial charge < -0.3 is 9.64 Å². The number of benzene rings is 10. The van der Waals surface area contributed by atoms with Crippen molar-refractivity contribution in [3.63, 3.8) is 0 Å². The summed E-state index contributed by atoms with van der Waals surface area (Å²) in [7, 11) is 0. The van der Waals surface area contributed by atoms with E-state index in [1.807, 2.05) is 0 Å². The minimum atomic E-state index is -0.210. The van der Waals surface area contributed by atoms with Crippen LogP contribution >= 0.6 is 0 Å². The number of ether oxygens (including phenoxy) is 1. The fraction of sp³-hybridized carbons (Fsp3) is 0.118. The molecule has 0 amide bonds. The van der Waals surface area contributed by atoms with Crippen LogP contribution in [-0.4, -0.2) is 13.4 Å². The van der Waals surface area contributed by atoms with Gasteiger partial charge in [0.1, 0.15) is 11.5 Å². The third-order valence-corrected chi connectivity index (χ3v) is 16.1. The normalized spacial score (nSPS) is 13.4. The van der Waals surface area contributed by atoms with Gasteiger partial charge in [0.25, 0.3) is 13.4 Å². The van der Waals surface area contributed by atoms with Crippen LogP contribution in [0.15, 0.2) is 212 Å². The highest BCUT2D eigenvalue weighted by Gasteiger charge is 2.46. The van der Waals surface area contributed by atoms with Crippen molar-refractivity contribution in [1.29, 1.82) is 0 Å². The van der Waals surface area contributed by atoms with Gasteiger partial charge in [0.2, 0.25) is 0 Å². The lowest BCUT2D eigenvalue weighted by molar-refractivity contribution is 0.491. The molecule has 0 radical (unpaired) electrons. The van der Waals surface area contributed by atoms with E-state index in [-0.39, 0.29) is 24.3 Å². The van der Waals surface area contributed by atoms with Crippen molar-refractivity contribution in [1.82, 2.24) is 0 Å². The molecule has 342 valence electrons. The summed E-state index contributed by atoms with van der Waals surface area (Å²) in [6.45, 7) is 13.7.